The summed E-state index contributed by atoms with van der Waals surface area (Å²) < 4.78 is 11.3. The van der Waals surface area contributed by atoms with Gasteiger partial charge in [0.1, 0.15) is 0 Å². The molecule has 0 bridgehead atoms. The molecule has 0 radical (unpaired) electrons. The van der Waals surface area contributed by atoms with E-state index in [2.05, 4.69) is 20.8 Å². The highest BCUT2D eigenvalue weighted by atomic mass is 16.5. The molecule has 0 aliphatic heterocycles. The van der Waals surface area contributed by atoms with Crippen LogP contribution in [0.15, 0.2) is 0 Å². The second-order valence-electron chi connectivity index (χ2n) is 6.90. The topological polar surface area (TPSA) is 18.5 Å². The molecule has 0 amide bonds. The van der Waals surface area contributed by atoms with E-state index in [1.807, 2.05) is 0 Å². The Morgan fingerprint density at radius 2 is 1.04 bits per heavy atom. The third-order valence-corrected chi connectivity index (χ3v) is 4.64. The molecule has 2 heteroatoms. The lowest BCUT2D eigenvalue weighted by molar-refractivity contribution is 0.121. The molecule has 0 saturated carbocycles. The van der Waals surface area contributed by atoms with Crippen molar-refractivity contribution in [3.63, 3.8) is 0 Å². The zero-order chi connectivity index (χ0) is 17.0. The van der Waals surface area contributed by atoms with E-state index >= 15 is 0 Å². The van der Waals surface area contributed by atoms with Crippen LogP contribution in [0.3, 0.4) is 0 Å². The summed E-state index contributed by atoms with van der Waals surface area (Å²) in [5.41, 5.74) is 0. The summed E-state index contributed by atoms with van der Waals surface area (Å²) in [5, 5.41) is 0. The van der Waals surface area contributed by atoms with Crippen molar-refractivity contribution in [1.82, 2.24) is 0 Å². The van der Waals surface area contributed by atoms with Gasteiger partial charge in [0.2, 0.25) is 0 Å². The van der Waals surface area contributed by atoms with E-state index < -0.39 is 0 Å². The molecule has 0 fully saturated rings. The molecule has 0 aromatic heterocycles. The Morgan fingerprint density at radius 1 is 0.522 bits per heavy atom. The Labute approximate surface area is 146 Å². The smallest absolute Gasteiger partial charge is 0.0466 e. The van der Waals surface area contributed by atoms with Crippen molar-refractivity contribution >= 4 is 0 Å². The van der Waals surface area contributed by atoms with Crippen LogP contribution >= 0.6 is 0 Å². The predicted molar refractivity (Wildman–Crippen MR) is 102 cm³/mol. The Morgan fingerprint density at radius 3 is 1.57 bits per heavy atom. The van der Waals surface area contributed by atoms with E-state index in [4.69, 9.17) is 9.47 Å². The van der Waals surface area contributed by atoms with Crippen molar-refractivity contribution in [2.24, 2.45) is 5.92 Å². The lowest BCUT2D eigenvalue weighted by atomic mass is 9.96. The largest absolute Gasteiger partial charge is 0.381 e. The highest BCUT2D eigenvalue weighted by Crippen LogP contribution is 2.17. The first-order valence-electron chi connectivity index (χ1n) is 10.5. The molecule has 0 heterocycles. The normalized spacial score (nSPS) is 12.7. The molecule has 140 valence electrons. The molecule has 1 unspecified atom stereocenters. The lowest BCUT2D eigenvalue weighted by Crippen LogP contribution is -2.03. The van der Waals surface area contributed by atoms with Crippen molar-refractivity contribution in [3.8, 4) is 0 Å². The van der Waals surface area contributed by atoms with Gasteiger partial charge in [0.25, 0.3) is 0 Å². The van der Waals surface area contributed by atoms with Crippen LogP contribution < -0.4 is 0 Å². The Balaban J connectivity index is 3.07. The first-order valence-corrected chi connectivity index (χ1v) is 10.5. The predicted octanol–water partition coefficient (Wildman–Crippen LogP) is 6.77. The number of rotatable bonds is 19. The number of hydrogen-bond donors (Lipinski definition) is 0. The fourth-order valence-corrected chi connectivity index (χ4v) is 3.00. The van der Waals surface area contributed by atoms with Crippen molar-refractivity contribution < 1.29 is 9.47 Å². The van der Waals surface area contributed by atoms with Gasteiger partial charge in [-0.1, -0.05) is 72.1 Å². The highest BCUT2D eigenvalue weighted by molar-refractivity contribution is 4.56. The molecule has 0 rings (SSSR count). The molecule has 2 nitrogen and oxygen atoms in total. The summed E-state index contributed by atoms with van der Waals surface area (Å²) in [4.78, 5) is 0. The minimum absolute atomic E-state index is 0.926. The zero-order valence-electron chi connectivity index (χ0n) is 16.4. The van der Waals surface area contributed by atoms with Crippen molar-refractivity contribution in [3.05, 3.63) is 0 Å². The maximum Gasteiger partial charge on any atom is 0.0466 e. The maximum atomic E-state index is 5.77. The van der Waals surface area contributed by atoms with Crippen LogP contribution in [0.5, 0.6) is 0 Å². The molecule has 0 aromatic rings. The van der Waals surface area contributed by atoms with Crippen LogP contribution in [0.4, 0.5) is 0 Å². The van der Waals surface area contributed by atoms with Gasteiger partial charge in [0, 0.05) is 26.4 Å². The van der Waals surface area contributed by atoms with Gasteiger partial charge < -0.3 is 9.47 Å². The third-order valence-electron chi connectivity index (χ3n) is 4.64. The van der Waals surface area contributed by atoms with Crippen LogP contribution in [-0.2, 0) is 9.47 Å². The summed E-state index contributed by atoms with van der Waals surface area (Å²) in [6.45, 7) is 10.7. The minimum atomic E-state index is 0.926. The molecule has 1 atom stereocenters. The fourth-order valence-electron chi connectivity index (χ4n) is 3.00. The van der Waals surface area contributed by atoms with Gasteiger partial charge in [-0.2, -0.15) is 0 Å². The van der Waals surface area contributed by atoms with Crippen molar-refractivity contribution in [1.29, 1.82) is 0 Å². The molecule has 0 spiro atoms. The molecule has 0 N–H and O–H groups in total. The Hall–Kier alpha value is -0.0800. The average molecular weight is 329 g/mol. The van der Waals surface area contributed by atoms with Crippen LogP contribution in [-0.4, -0.2) is 26.4 Å². The number of ether oxygens (including phenoxy) is 2. The average Bonchev–Trinajstić information content (AvgIpc) is 2.57. The Kier molecular flexibility index (Phi) is 19.9. The molecular formula is C21H44O2. The molecule has 0 saturated heterocycles. The van der Waals surface area contributed by atoms with Crippen molar-refractivity contribution in [2.75, 3.05) is 26.4 Å². The molecule has 23 heavy (non-hydrogen) atoms. The lowest BCUT2D eigenvalue weighted by Gasteiger charge is -2.13. The zero-order valence-corrected chi connectivity index (χ0v) is 16.4. The second-order valence-corrected chi connectivity index (χ2v) is 6.90. The van der Waals surface area contributed by atoms with Crippen LogP contribution in [0.1, 0.15) is 104 Å². The Bertz CT molecular complexity index is 206. The summed E-state index contributed by atoms with van der Waals surface area (Å²) in [5.74, 6) is 0.926. The first-order chi connectivity index (χ1) is 11.3. The van der Waals surface area contributed by atoms with Gasteiger partial charge in [-0.05, 0) is 38.0 Å². The van der Waals surface area contributed by atoms with Gasteiger partial charge in [-0.3, -0.25) is 0 Å². The number of unbranched alkanes of at least 4 members (excludes halogenated alkanes) is 6. The molecular weight excluding hydrogens is 284 g/mol. The quantitative estimate of drug-likeness (QED) is 0.244. The SMILES string of the molecule is CCCCOCCCCCCCCOCCCC(CC)CCC. The summed E-state index contributed by atoms with van der Waals surface area (Å²) in [6, 6.07) is 0. The van der Waals surface area contributed by atoms with E-state index in [0.29, 0.717) is 0 Å². The van der Waals surface area contributed by atoms with Crippen LogP contribution in [0.2, 0.25) is 0 Å². The summed E-state index contributed by atoms with van der Waals surface area (Å²) >= 11 is 0. The standard InChI is InChI=1S/C21H44O2/c1-4-7-17-22-18-12-10-8-9-11-13-19-23-20-14-16-21(6-3)15-5-2/h21H,4-20H2,1-3H3. The highest BCUT2D eigenvalue weighted by Gasteiger charge is 2.04. The molecule has 0 aromatic carbocycles. The minimum Gasteiger partial charge on any atom is -0.381 e. The van der Waals surface area contributed by atoms with Crippen LogP contribution in [0.25, 0.3) is 0 Å². The van der Waals surface area contributed by atoms with Crippen LogP contribution in [0, 0.1) is 5.92 Å². The fraction of sp³-hybridized carbons (Fsp3) is 1.00. The van der Waals surface area contributed by atoms with E-state index in [-0.39, 0.29) is 0 Å². The van der Waals surface area contributed by atoms with Gasteiger partial charge in [-0.25, -0.2) is 0 Å². The van der Waals surface area contributed by atoms with Crippen molar-refractivity contribution in [2.45, 2.75) is 104 Å². The van der Waals surface area contributed by atoms with Gasteiger partial charge >= 0.3 is 0 Å². The number of hydrogen-bond acceptors (Lipinski definition) is 2. The van der Waals surface area contributed by atoms with E-state index in [1.165, 1.54) is 83.5 Å². The van der Waals surface area contributed by atoms with E-state index in [9.17, 15) is 0 Å². The van der Waals surface area contributed by atoms with E-state index in [1.54, 1.807) is 0 Å². The van der Waals surface area contributed by atoms with Gasteiger partial charge in [0.15, 0.2) is 0 Å². The van der Waals surface area contributed by atoms with Gasteiger partial charge in [0.05, 0.1) is 0 Å². The maximum absolute atomic E-state index is 5.77. The first kappa shape index (κ1) is 22.9. The van der Waals surface area contributed by atoms with E-state index in [0.717, 1.165) is 32.3 Å². The summed E-state index contributed by atoms with van der Waals surface area (Å²) in [6.07, 6.45) is 16.9. The second kappa shape index (κ2) is 20.0. The summed E-state index contributed by atoms with van der Waals surface area (Å²) in [7, 11) is 0. The molecule has 0 aliphatic rings. The third kappa shape index (κ3) is 18.1. The molecule has 0 aliphatic carbocycles. The monoisotopic (exact) mass is 328 g/mol. The van der Waals surface area contributed by atoms with Gasteiger partial charge in [-0.15, -0.1) is 0 Å².